The van der Waals surface area contributed by atoms with Gasteiger partial charge in [0.05, 0.1) is 0 Å². The lowest BCUT2D eigenvalue weighted by Gasteiger charge is -2.30. The molecule has 0 N–H and O–H groups in total. The number of benzene rings is 1. The second-order valence-electron chi connectivity index (χ2n) is 5.14. The summed E-state index contributed by atoms with van der Waals surface area (Å²) in [7, 11) is 0. The van der Waals surface area contributed by atoms with Gasteiger partial charge in [0.2, 0.25) is 4.73 Å². The van der Waals surface area contributed by atoms with Crippen LogP contribution in [0.5, 0.6) is 0 Å². The van der Waals surface area contributed by atoms with E-state index in [1.54, 1.807) is 0 Å². The minimum Gasteiger partial charge on any atom is -0.236 e. The summed E-state index contributed by atoms with van der Waals surface area (Å²) in [4.78, 5) is 3.85. The first-order chi connectivity index (χ1) is 10.7. The molecule has 23 heavy (non-hydrogen) atoms. The minimum atomic E-state index is -4.54. The monoisotopic (exact) mass is 399 g/mol. The number of rotatable bonds is 1. The predicted molar refractivity (Wildman–Crippen MR) is 70.2 cm³/mol. The zero-order valence-corrected chi connectivity index (χ0v) is 12.8. The van der Waals surface area contributed by atoms with E-state index in [0.717, 1.165) is 12.1 Å². The lowest BCUT2D eigenvalue weighted by molar-refractivity contribution is -0.175. The predicted octanol–water partition coefficient (Wildman–Crippen LogP) is 4.49. The Balaban J connectivity index is 2.11. The Morgan fingerprint density at radius 3 is 2.43 bits per heavy atom. The molecule has 0 amide bonds. The van der Waals surface area contributed by atoms with Gasteiger partial charge in [0.25, 0.3) is 0 Å². The Kier molecular flexibility index (Phi) is 3.89. The number of alkyl halides is 3. The number of halogens is 7. The summed E-state index contributed by atoms with van der Waals surface area (Å²) in [5, 5.41) is 3.66. The molecule has 0 bridgehead atoms. The van der Waals surface area contributed by atoms with Gasteiger partial charge in [-0.25, -0.2) is 22.8 Å². The quantitative estimate of drug-likeness (QED) is 0.522. The fourth-order valence-electron chi connectivity index (χ4n) is 2.76. The molecule has 0 saturated carbocycles. The second-order valence-corrected chi connectivity index (χ2v) is 5.84. The molecule has 1 aliphatic rings. The zero-order chi connectivity index (χ0) is 16.9. The van der Waals surface area contributed by atoms with Crippen LogP contribution in [0.15, 0.2) is 16.9 Å². The molecule has 1 aromatic carbocycles. The third-order valence-corrected chi connectivity index (χ3v) is 4.12. The van der Waals surface area contributed by atoms with E-state index in [1.807, 2.05) is 0 Å². The van der Waals surface area contributed by atoms with Crippen molar-refractivity contribution in [3.8, 4) is 0 Å². The van der Waals surface area contributed by atoms with E-state index in [1.165, 1.54) is 0 Å². The van der Waals surface area contributed by atoms with Crippen LogP contribution in [-0.4, -0.2) is 20.9 Å². The highest BCUT2D eigenvalue weighted by molar-refractivity contribution is 9.10. The molecule has 0 saturated heterocycles. The summed E-state index contributed by atoms with van der Waals surface area (Å²) in [5.41, 5.74) is -0.245. The van der Waals surface area contributed by atoms with Crippen molar-refractivity contribution >= 4 is 15.9 Å². The molecular weight excluding hydrogens is 392 g/mol. The van der Waals surface area contributed by atoms with Gasteiger partial charge in [-0.2, -0.15) is 13.2 Å². The smallest absolute Gasteiger partial charge is 0.236 e. The Labute approximate surface area is 134 Å². The van der Waals surface area contributed by atoms with E-state index in [2.05, 4.69) is 26.0 Å². The molecule has 2 heterocycles. The molecule has 1 aliphatic heterocycles. The van der Waals surface area contributed by atoms with Gasteiger partial charge in [0.1, 0.15) is 11.9 Å². The van der Waals surface area contributed by atoms with Gasteiger partial charge in [-0.05, 0) is 34.8 Å². The maximum Gasteiger partial charge on any atom is 0.410 e. The van der Waals surface area contributed by atoms with Gasteiger partial charge in [0.15, 0.2) is 17.5 Å². The van der Waals surface area contributed by atoms with Crippen LogP contribution in [0.1, 0.15) is 36.2 Å². The van der Waals surface area contributed by atoms with Crippen molar-refractivity contribution in [3.63, 3.8) is 0 Å². The largest absolute Gasteiger partial charge is 0.410 e. The van der Waals surface area contributed by atoms with Crippen molar-refractivity contribution in [2.24, 2.45) is 0 Å². The standard InChI is InChI=1S/C13H8BrF6N3/c14-12-21-11-6(5-1-3-7(15)10(17)9(5)16)2-4-8(13(18,19)20)23(11)22-12/h1,3,6,8H,2,4H2. The van der Waals surface area contributed by atoms with Crippen molar-refractivity contribution in [1.82, 2.24) is 14.8 Å². The van der Waals surface area contributed by atoms with E-state index >= 15 is 0 Å². The Hall–Kier alpha value is -1.58. The van der Waals surface area contributed by atoms with Crippen molar-refractivity contribution in [3.05, 3.63) is 45.7 Å². The molecule has 2 atom stereocenters. The van der Waals surface area contributed by atoms with Crippen molar-refractivity contribution in [2.75, 3.05) is 0 Å². The zero-order valence-electron chi connectivity index (χ0n) is 11.2. The highest BCUT2D eigenvalue weighted by Gasteiger charge is 2.47. The summed E-state index contributed by atoms with van der Waals surface area (Å²) in [6, 6.07) is -0.139. The molecular formula is C13H8BrF6N3. The highest BCUT2D eigenvalue weighted by atomic mass is 79.9. The molecule has 0 spiro atoms. The van der Waals surface area contributed by atoms with E-state index in [9.17, 15) is 26.3 Å². The molecule has 0 aliphatic carbocycles. The number of aromatic nitrogens is 3. The molecule has 2 aromatic rings. The number of nitrogens with zero attached hydrogens (tertiary/aromatic N) is 3. The average Bonchev–Trinajstić information content (AvgIpc) is 2.84. The molecule has 124 valence electrons. The normalized spacial score (nSPS) is 21.3. The van der Waals surface area contributed by atoms with Gasteiger partial charge < -0.3 is 0 Å². The lowest BCUT2D eigenvalue weighted by Crippen LogP contribution is -2.33. The van der Waals surface area contributed by atoms with E-state index in [0.29, 0.717) is 4.68 Å². The van der Waals surface area contributed by atoms with Gasteiger partial charge in [-0.3, -0.25) is 0 Å². The van der Waals surface area contributed by atoms with Crippen LogP contribution < -0.4 is 0 Å². The highest BCUT2D eigenvalue weighted by Crippen LogP contribution is 2.44. The van der Waals surface area contributed by atoms with E-state index in [-0.39, 0.29) is 29.0 Å². The first kappa shape index (κ1) is 16.3. The summed E-state index contributed by atoms with van der Waals surface area (Å²) in [5.74, 6) is -5.53. The SMILES string of the molecule is Fc1ccc(C2CCC(C(F)(F)F)n3nc(Br)nc32)c(F)c1F. The number of fused-ring (bicyclic) bond motifs is 1. The number of hydrogen-bond acceptors (Lipinski definition) is 2. The molecule has 3 nitrogen and oxygen atoms in total. The van der Waals surface area contributed by atoms with Gasteiger partial charge in [0, 0.05) is 11.5 Å². The first-order valence-electron chi connectivity index (χ1n) is 6.52. The van der Waals surface area contributed by atoms with E-state index < -0.39 is 35.6 Å². The molecule has 1 aromatic heterocycles. The molecule has 0 radical (unpaired) electrons. The Morgan fingerprint density at radius 1 is 1.09 bits per heavy atom. The van der Waals surface area contributed by atoms with Crippen LogP contribution >= 0.6 is 15.9 Å². The third kappa shape index (κ3) is 2.73. The fourth-order valence-corrected chi connectivity index (χ4v) is 3.11. The third-order valence-electron chi connectivity index (χ3n) is 3.79. The summed E-state index contributed by atoms with van der Waals surface area (Å²) >= 11 is 2.89. The Morgan fingerprint density at radius 2 is 1.78 bits per heavy atom. The van der Waals surface area contributed by atoms with Crippen LogP contribution in [0.3, 0.4) is 0 Å². The lowest BCUT2D eigenvalue weighted by atomic mass is 9.88. The van der Waals surface area contributed by atoms with Crippen LogP contribution in [-0.2, 0) is 0 Å². The maximum atomic E-state index is 14.0. The molecule has 0 fully saturated rings. The summed E-state index contributed by atoms with van der Waals surface area (Å²) in [6.07, 6.45) is -5.02. The summed E-state index contributed by atoms with van der Waals surface area (Å²) in [6.45, 7) is 0. The maximum absolute atomic E-state index is 14.0. The van der Waals surface area contributed by atoms with Crippen molar-refractivity contribution in [2.45, 2.75) is 31.0 Å². The fraction of sp³-hybridized carbons (Fsp3) is 0.385. The number of hydrogen-bond donors (Lipinski definition) is 0. The molecule has 10 heteroatoms. The minimum absolute atomic E-state index is 0.0864. The van der Waals surface area contributed by atoms with E-state index in [4.69, 9.17) is 0 Å². The van der Waals surface area contributed by atoms with Crippen LogP contribution in [0.4, 0.5) is 26.3 Å². The van der Waals surface area contributed by atoms with Crippen molar-refractivity contribution in [1.29, 1.82) is 0 Å². The van der Waals surface area contributed by atoms with Crippen molar-refractivity contribution < 1.29 is 26.3 Å². The Bertz CT molecular complexity index is 757. The van der Waals surface area contributed by atoms with Gasteiger partial charge in [-0.15, -0.1) is 5.10 Å². The first-order valence-corrected chi connectivity index (χ1v) is 7.31. The van der Waals surface area contributed by atoms with Crippen LogP contribution in [0.25, 0.3) is 0 Å². The molecule has 3 rings (SSSR count). The molecule has 2 unspecified atom stereocenters. The topological polar surface area (TPSA) is 30.7 Å². The average molecular weight is 400 g/mol. The summed E-state index contributed by atoms with van der Waals surface area (Å²) < 4.78 is 80.2. The second kappa shape index (κ2) is 5.50. The van der Waals surface area contributed by atoms with Gasteiger partial charge >= 0.3 is 6.18 Å². The van der Waals surface area contributed by atoms with Crippen LogP contribution in [0, 0.1) is 17.5 Å². The van der Waals surface area contributed by atoms with Crippen LogP contribution in [0.2, 0.25) is 0 Å². The van der Waals surface area contributed by atoms with Gasteiger partial charge in [-0.1, -0.05) is 6.07 Å².